The lowest BCUT2D eigenvalue weighted by molar-refractivity contribution is 0.0858. The van der Waals surface area contributed by atoms with Crippen molar-refractivity contribution in [3.8, 4) is 5.75 Å². The van der Waals surface area contributed by atoms with Crippen LogP contribution in [0.25, 0.3) is 0 Å². The second-order valence-corrected chi connectivity index (χ2v) is 5.30. The summed E-state index contributed by atoms with van der Waals surface area (Å²) in [7, 11) is 1.62. The van der Waals surface area contributed by atoms with Gasteiger partial charge in [0.1, 0.15) is 5.75 Å². The largest absolute Gasteiger partial charge is 0.496 e. The third-order valence-corrected chi connectivity index (χ3v) is 2.98. The number of hydrogen-bond acceptors (Lipinski definition) is 2. The van der Waals surface area contributed by atoms with Crippen LogP contribution in [-0.4, -0.2) is 12.9 Å². The smallest absolute Gasteiger partial charge is 0.168 e. The second kappa shape index (κ2) is 5.00. The minimum absolute atomic E-state index is 0.131. The van der Waals surface area contributed by atoms with Crippen molar-refractivity contribution in [3.05, 3.63) is 29.3 Å². The molecule has 1 rings (SSSR count). The monoisotopic (exact) mass is 284 g/mol. The van der Waals surface area contributed by atoms with E-state index in [0.29, 0.717) is 5.56 Å². The highest BCUT2D eigenvalue weighted by Gasteiger charge is 2.23. The molecule has 0 unspecified atom stereocenters. The summed E-state index contributed by atoms with van der Waals surface area (Å²) in [5.41, 5.74) is 1.39. The van der Waals surface area contributed by atoms with Gasteiger partial charge in [0.25, 0.3) is 0 Å². The fourth-order valence-electron chi connectivity index (χ4n) is 1.43. The van der Waals surface area contributed by atoms with Crippen molar-refractivity contribution in [2.75, 3.05) is 7.11 Å². The summed E-state index contributed by atoms with van der Waals surface area (Å²) in [5, 5.41) is 0.722. The molecule has 0 aliphatic heterocycles. The Morgan fingerprint density at radius 3 is 2.44 bits per heavy atom. The summed E-state index contributed by atoms with van der Waals surface area (Å²) in [6, 6.07) is 5.59. The third-order valence-electron chi connectivity index (χ3n) is 2.37. The number of halogens is 1. The minimum Gasteiger partial charge on any atom is -0.496 e. The van der Waals surface area contributed by atoms with Crippen LogP contribution in [0.15, 0.2) is 18.2 Å². The van der Waals surface area contributed by atoms with Crippen LogP contribution in [-0.2, 0) is 5.33 Å². The van der Waals surface area contributed by atoms with Crippen molar-refractivity contribution in [1.29, 1.82) is 0 Å². The molecule has 0 aliphatic carbocycles. The summed E-state index contributed by atoms with van der Waals surface area (Å²) >= 11 is 3.39. The SMILES string of the molecule is COc1cc(C(=O)C(C)(C)C)ccc1CBr. The lowest BCUT2D eigenvalue weighted by Crippen LogP contribution is -2.20. The van der Waals surface area contributed by atoms with E-state index in [0.717, 1.165) is 16.6 Å². The molecule has 1 aromatic carbocycles. The quantitative estimate of drug-likeness (QED) is 0.623. The Bertz CT molecular complexity index is 391. The Morgan fingerprint density at radius 2 is 2.00 bits per heavy atom. The first-order valence-corrected chi connectivity index (χ1v) is 6.30. The Kier molecular flexibility index (Phi) is 4.14. The van der Waals surface area contributed by atoms with E-state index in [2.05, 4.69) is 15.9 Å². The summed E-state index contributed by atoms with van der Waals surface area (Å²) in [4.78, 5) is 12.1. The first-order valence-electron chi connectivity index (χ1n) is 5.18. The van der Waals surface area contributed by atoms with Crippen LogP contribution in [0.1, 0.15) is 36.7 Å². The van der Waals surface area contributed by atoms with E-state index in [9.17, 15) is 4.79 Å². The molecule has 0 heterocycles. The van der Waals surface area contributed by atoms with Crippen LogP contribution >= 0.6 is 15.9 Å². The molecule has 0 aromatic heterocycles. The molecule has 0 spiro atoms. The maximum atomic E-state index is 12.1. The van der Waals surface area contributed by atoms with Gasteiger partial charge in [0, 0.05) is 21.9 Å². The molecular formula is C13H17BrO2. The zero-order chi connectivity index (χ0) is 12.3. The van der Waals surface area contributed by atoms with Crippen molar-refractivity contribution in [2.24, 2.45) is 5.41 Å². The number of methoxy groups -OCH3 is 1. The van der Waals surface area contributed by atoms with Crippen LogP contribution < -0.4 is 4.74 Å². The van der Waals surface area contributed by atoms with E-state index in [1.54, 1.807) is 7.11 Å². The number of hydrogen-bond donors (Lipinski definition) is 0. The highest BCUT2D eigenvalue weighted by Crippen LogP contribution is 2.27. The van der Waals surface area contributed by atoms with Crippen LogP contribution in [0.3, 0.4) is 0 Å². The number of ether oxygens (including phenoxy) is 1. The summed E-state index contributed by atoms with van der Waals surface area (Å²) in [6.45, 7) is 5.75. The Hall–Kier alpha value is -0.830. The molecule has 1 aromatic rings. The minimum atomic E-state index is -0.360. The molecule has 0 N–H and O–H groups in total. The van der Waals surface area contributed by atoms with Gasteiger partial charge in [-0.1, -0.05) is 48.8 Å². The van der Waals surface area contributed by atoms with Crippen LogP contribution in [0.5, 0.6) is 5.75 Å². The highest BCUT2D eigenvalue weighted by atomic mass is 79.9. The van der Waals surface area contributed by atoms with Crippen molar-refractivity contribution < 1.29 is 9.53 Å². The Balaban J connectivity index is 3.13. The number of carbonyl (C=O) groups excluding carboxylic acids is 1. The highest BCUT2D eigenvalue weighted by molar-refractivity contribution is 9.08. The van der Waals surface area contributed by atoms with Gasteiger partial charge < -0.3 is 4.74 Å². The summed E-state index contributed by atoms with van der Waals surface area (Å²) in [6.07, 6.45) is 0. The third kappa shape index (κ3) is 2.85. The normalized spacial score (nSPS) is 11.3. The Morgan fingerprint density at radius 1 is 1.38 bits per heavy atom. The number of carbonyl (C=O) groups is 1. The molecule has 0 fully saturated rings. The van der Waals surface area contributed by atoms with Gasteiger partial charge in [-0.05, 0) is 6.07 Å². The molecule has 2 nitrogen and oxygen atoms in total. The van der Waals surface area contributed by atoms with E-state index in [1.165, 1.54) is 0 Å². The maximum absolute atomic E-state index is 12.1. The number of alkyl halides is 1. The fraction of sp³-hybridized carbons (Fsp3) is 0.462. The molecule has 0 aliphatic rings. The van der Waals surface area contributed by atoms with Gasteiger partial charge in [-0.25, -0.2) is 0 Å². The zero-order valence-corrected chi connectivity index (χ0v) is 11.7. The molecule has 0 saturated carbocycles. The molecule has 3 heteroatoms. The predicted octanol–water partition coefficient (Wildman–Crippen LogP) is 3.82. The molecule has 0 bridgehead atoms. The van der Waals surface area contributed by atoms with Gasteiger partial charge >= 0.3 is 0 Å². The van der Waals surface area contributed by atoms with Gasteiger partial charge in [-0.2, -0.15) is 0 Å². The van der Waals surface area contributed by atoms with E-state index < -0.39 is 0 Å². The average molecular weight is 285 g/mol. The number of benzene rings is 1. The number of rotatable bonds is 3. The molecular weight excluding hydrogens is 268 g/mol. The van der Waals surface area contributed by atoms with Gasteiger partial charge in [-0.15, -0.1) is 0 Å². The molecule has 0 atom stereocenters. The maximum Gasteiger partial charge on any atom is 0.168 e. The lowest BCUT2D eigenvalue weighted by atomic mass is 9.86. The van der Waals surface area contributed by atoms with Gasteiger partial charge in [0.2, 0.25) is 0 Å². The first kappa shape index (κ1) is 13.2. The molecule has 88 valence electrons. The van der Waals surface area contributed by atoms with Crippen molar-refractivity contribution in [3.63, 3.8) is 0 Å². The summed E-state index contributed by atoms with van der Waals surface area (Å²) < 4.78 is 5.26. The van der Waals surface area contributed by atoms with Gasteiger partial charge in [0.15, 0.2) is 5.78 Å². The van der Waals surface area contributed by atoms with Crippen molar-refractivity contribution in [1.82, 2.24) is 0 Å². The predicted molar refractivity (Wildman–Crippen MR) is 69.4 cm³/mol. The van der Waals surface area contributed by atoms with E-state index in [1.807, 2.05) is 39.0 Å². The zero-order valence-electron chi connectivity index (χ0n) is 10.1. The van der Waals surface area contributed by atoms with E-state index in [4.69, 9.17) is 4.74 Å². The molecule has 0 radical (unpaired) electrons. The van der Waals surface area contributed by atoms with Crippen LogP contribution in [0.4, 0.5) is 0 Å². The van der Waals surface area contributed by atoms with Crippen molar-refractivity contribution in [2.45, 2.75) is 26.1 Å². The van der Waals surface area contributed by atoms with E-state index >= 15 is 0 Å². The molecule has 0 amide bonds. The standard InChI is InChI=1S/C13H17BrO2/c1-13(2,3)12(15)9-5-6-10(8-14)11(7-9)16-4/h5-7H,8H2,1-4H3. The van der Waals surface area contributed by atoms with Crippen LogP contribution in [0, 0.1) is 5.41 Å². The summed E-state index contributed by atoms with van der Waals surface area (Å²) in [5.74, 6) is 0.888. The number of Topliss-reactive ketones (excluding diaryl/α,β-unsaturated/α-hetero) is 1. The van der Waals surface area contributed by atoms with E-state index in [-0.39, 0.29) is 11.2 Å². The fourth-order valence-corrected chi connectivity index (χ4v) is 1.89. The molecule has 0 saturated heterocycles. The topological polar surface area (TPSA) is 26.3 Å². The number of ketones is 1. The Labute approximate surface area is 105 Å². The second-order valence-electron chi connectivity index (χ2n) is 4.74. The first-order chi connectivity index (χ1) is 7.40. The van der Waals surface area contributed by atoms with Gasteiger partial charge in [0.05, 0.1) is 7.11 Å². The average Bonchev–Trinajstić information content (AvgIpc) is 2.25. The lowest BCUT2D eigenvalue weighted by Gasteiger charge is -2.17. The van der Waals surface area contributed by atoms with Crippen molar-refractivity contribution >= 4 is 21.7 Å². The van der Waals surface area contributed by atoms with Crippen LogP contribution in [0.2, 0.25) is 0 Å². The molecule has 16 heavy (non-hydrogen) atoms. The van der Waals surface area contributed by atoms with Gasteiger partial charge in [-0.3, -0.25) is 4.79 Å².